The van der Waals surface area contributed by atoms with Crippen molar-refractivity contribution in [1.82, 2.24) is 19.7 Å². The van der Waals surface area contributed by atoms with Crippen molar-refractivity contribution >= 4 is 17.7 Å². The minimum atomic E-state index is 0.0434. The summed E-state index contributed by atoms with van der Waals surface area (Å²) in [5.41, 5.74) is 2.04. The van der Waals surface area contributed by atoms with Gasteiger partial charge in [0.15, 0.2) is 0 Å². The maximum absolute atomic E-state index is 12.6. The molecule has 1 amide bonds. The molecule has 1 heterocycles. The highest BCUT2D eigenvalue weighted by molar-refractivity contribution is 7.99. The molecule has 1 fully saturated rings. The van der Waals surface area contributed by atoms with Crippen LogP contribution in [0.25, 0.3) is 5.69 Å². The number of benzene rings is 2. The van der Waals surface area contributed by atoms with E-state index in [2.05, 4.69) is 5.10 Å². The lowest BCUT2D eigenvalue weighted by Gasteiger charge is -2.17. The summed E-state index contributed by atoms with van der Waals surface area (Å²) in [7, 11) is 3.45. The van der Waals surface area contributed by atoms with Crippen LogP contribution in [0.1, 0.15) is 30.1 Å². The van der Waals surface area contributed by atoms with E-state index in [1.165, 1.54) is 11.8 Å². The minimum absolute atomic E-state index is 0.0434. The lowest BCUT2D eigenvalue weighted by Crippen LogP contribution is -2.27. The first-order chi connectivity index (χ1) is 14.1. The van der Waals surface area contributed by atoms with Crippen LogP contribution in [0, 0.1) is 0 Å². The standard InChI is InChI=1S/C22H24N4O2S/c1-25(14-16-7-6-10-19(13-16)28-2)20(27)15-29-22-23-21(17-11-12-17)26(24-22)18-8-4-3-5-9-18/h3-10,13,17H,11-12,14-15H2,1-2H3. The highest BCUT2D eigenvalue weighted by Gasteiger charge is 2.30. The summed E-state index contributed by atoms with van der Waals surface area (Å²) in [6.45, 7) is 0.538. The number of carbonyl (C=O) groups excluding carboxylic acids is 1. The van der Waals surface area contributed by atoms with E-state index in [1.54, 1.807) is 12.0 Å². The monoisotopic (exact) mass is 408 g/mol. The third kappa shape index (κ3) is 4.79. The number of rotatable bonds is 8. The Hall–Kier alpha value is -2.80. The summed E-state index contributed by atoms with van der Waals surface area (Å²) in [5.74, 6) is 2.62. The first-order valence-corrected chi connectivity index (χ1v) is 10.6. The normalized spacial score (nSPS) is 13.3. The molecule has 2 aromatic carbocycles. The Morgan fingerprint density at radius 1 is 1.21 bits per heavy atom. The van der Waals surface area contributed by atoms with Gasteiger partial charge in [-0.3, -0.25) is 4.79 Å². The van der Waals surface area contributed by atoms with Crippen molar-refractivity contribution < 1.29 is 9.53 Å². The zero-order valence-corrected chi connectivity index (χ0v) is 17.4. The van der Waals surface area contributed by atoms with Crippen LogP contribution in [0.4, 0.5) is 0 Å². The van der Waals surface area contributed by atoms with Crippen LogP contribution in [-0.4, -0.2) is 45.5 Å². The predicted octanol–water partition coefficient (Wildman–Crippen LogP) is 3.90. The van der Waals surface area contributed by atoms with Crippen LogP contribution < -0.4 is 4.74 Å². The van der Waals surface area contributed by atoms with Gasteiger partial charge >= 0.3 is 0 Å². The third-order valence-corrected chi connectivity index (χ3v) is 5.68. The van der Waals surface area contributed by atoms with Gasteiger partial charge in [-0.1, -0.05) is 42.1 Å². The summed E-state index contributed by atoms with van der Waals surface area (Å²) in [4.78, 5) is 19.0. The fraction of sp³-hybridized carbons (Fsp3) is 0.318. The van der Waals surface area contributed by atoms with Crippen molar-refractivity contribution in [1.29, 1.82) is 0 Å². The molecule has 0 spiro atoms. The highest BCUT2D eigenvalue weighted by atomic mass is 32.2. The Morgan fingerprint density at radius 3 is 2.72 bits per heavy atom. The molecule has 1 aliphatic rings. The van der Waals surface area contributed by atoms with Gasteiger partial charge < -0.3 is 9.64 Å². The summed E-state index contributed by atoms with van der Waals surface area (Å²) < 4.78 is 7.17. The Bertz CT molecular complexity index is 985. The Kier molecular flexibility index (Phi) is 5.85. The van der Waals surface area contributed by atoms with Crippen molar-refractivity contribution in [3.05, 3.63) is 66.0 Å². The number of amides is 1. The van der Waals surface area contributed by atoms with Gasteiger partial charge in [0.2, 0.25) is 11.1 Å². The first-order valence-electron chi connectivity index (χ1n) is 9.66. The maximum Gasteiger partial charge on any atom is 0.233 e. The largest absolute Gasteiger partial charge is 0.497 e. The summed E-state index contributed by atoms with van der Waals surface area (Å²) in [6.07, 6.45) is 2.30. The van der Waals surface area contributed by atoms with E-state index in [0.29, 0.717) is 23.4 Å². The summed E-state index contributed by atoms with van der Waals surface area (Å²) in [6, 6.07) is 17.8. The van der Waals surface area contributed by atoms with Crippen LogP contribution in [-0.2, 0) is 11.3 Å². The van der Waals surface area contributed by atoms with Crippen LogP contribution >= 0.6 is 11.8 Å². The number of thioether (sulfide) groups is 1. The molecule has 3 aromatic rings. The fourth-order valence-corrected chi connectivity index (χ4v) is 3.87. The molecular formula is C22H24N4O2S. The molecule has 1 saturated carbocycles. The van der Waals surface area contributed by atoms with E-state index in [-0.39, 0.29) is 5.91 Å². The smallest absolute Gasteiger partial charge is 0.233 e. The Balaban J connectivity index is 1.40. The second-order valence-corrected chi connectivity index (χ2v) is 8.11. The van der Waals surface area contributed by atoms with Gasteiger partial charge in [-0.25, -0.2) is 9.67 Å². The number of para-hydroxylation sites is 1. The van der Waals surface area contributed by atoms with Gasteiger partial charge in [0.25, 0.3) is 0 Å². The molecule has 0 aliphatic heterocycles. The highest BCUT2D eigenvalue weighted by Crippen LogP contribution is 2.40. The van der Waals surface area contributed by atoms with Crippen molar-refractivity contribution in [2.24, 2.45) is 0 Å². The van der Waals surface area contributed by atoms with Crippen molar-refractivity contribution in [3.8, 4) is 11.4 Å². The van der Waals surface area contributed by atoms with Crippen LogP contribution in [0.15, 0.2) is 59.8 Å². The molecule has 0 saturated heterocycles. The van der Waals surface area contributed by atoms with Gasteiger partial charge in [-0.2, -0.15) is 0 Å². The third-order valence-electron chi connectivity index (χ3n) is 4.86. The molecule has 7 heteroatoms. The first kappa shape index (κ1) is 19.5. The number of nitrogens with zero attached hydrogens (tertiary/aromatic N) is 4. The SMILES string of the molecule is COc1cccc(CN(C)C(=O)CSc2nc(C3CC3)n(-c3ccccc3)n2)c1. The van der Waals surface area contributed by atoms with E-state index < -0.39 is 0 Å². The van der Waals surface area contributed by atoms with E-state index >= 15 is 0 Å². The Labute approximate surface area is 174 Å². The van der Waals surface area contributed by atoms with E-state index in [9.17, 15) is 4.79 Å². The molecule has 0 bridgehead atoms. The molecule has 4 rings (SSSR count). The molecule has 6 nitrogen and oxygen atoms in total. The molecule has 0 atom stereocenters. The molecule has 0 N–H and O–H groups in total. The minimum Gasteiger partial charge on any atom is -0.497 e. The van der Waals surface area contributed by atoms with E-state index in [4.69, 9.17) is 9.72 Å². The summed E-state index contributed by atoms with van der Waals surface area (Å²) in [5, 5.41) is 5.31. The van der Waals surface area contributed by atoms with Gasteiger partial charge in [0.1, 0.15) is 11.6 Å². The fourth-order valence-electron chi connectivity index (χ4n) is 3.10. The lowest BCUT2D eigenvalue weighted by molar-refractivity contribution is -0.127. The molecule has 1 aromatic heterocycles. The maximum atomic E-state index is 12.6. The van der Waals surface area contributed by atoms with Gasteiger partial charge in [0.05, 0.1) is 18.6 Å². The number of hydrogen-bond acceptors (Lipinski definition) is 5. The number of methoxy groups -OCH3 is 1. The van der Waals surface area contributed by atoms with Crippen LogP contribution in [0.5, 0.6) is 5.75 Å². The summed E-state index contributed by atoms with van der Waals surface area (Å²) >= 11 is 1.39. The van der Waals surface area contributed by atoms with E-state index in [1.807, 2.05) is 66.3 Å². The molecule has 1 aliphatic carbocycles. The topological polar surface area (TPSA) is 60.2 Å². The van der Waals surface area contributed by atoms with E-state index in [0.717, 1.165) is 35.7 Å². The van der Waals surface area contributed by atoms with Gasteiger partial charge in [0, 0.05) is 19.5 Å². The lowest BCUT2D eigenvalue weighted by atomic mass is 10.2. The van der Waals surface area contributed by atoms with Gasteiger partial charge in [-0.05, 0) is 42.7 Å². The number of aromatic nitrogens is 3. The molecule has 29 heavy (non-hydrogen) atoms. The quantitative estimate of drug-likeness (QED) is 0.529. The number of carbonyl (C=O) groups is 1. The second kappa shape index (κ2) is 8.69. The van der Waals surface area contributed by atoms with Crippen molar-refractivity contribution in [2.75, 3.05) is 19.9 Å². The van der Waals surface area contributed by atoms with Crippen molar-refractivity contribution in [2.45, 2.75) is 30.5 Å². The molecular weight excluding hydrogens is 384 g/mol. The number of ether oxygens (including phenoxy) is 1. The number of hydrogen-bond donors (Lipinski definition) is 0. The zero-order chi connectivity index (χ0) is 20.2. The zero-order valence-electron chi connectivity index (χ0n) is 16.6. The van der Waals surface area contributed by atoms with Crippen molar-refractivity contribution in [3.63, 3.8) is 0 Å². The predicted molar refractivity (Wildman–Crippen MR) is 114 cm³/mol. The molecule has 0 unspecified atom stereocenters. The van der Waals surface area contributed by atoms with Crippen LogP contribution in [0.3, 0.4) is 0 Å². The van der Waals surface area contributed by atoms with Crippen LogP contribution in [0.2, 0.25) is 0 Å². The van der Waals surface area contributed by atoms with Gasteiger partial charge in [-0.15, -0.1) is 5.10 Å². The Morgan fingerprint density at radius 2 is 2.00 bits per heavy atom. The second-order valence-electron chi connectivity index (χ2n) is 7.16. The average Bonchev–Trinajstić information content (AvgIpc) is 3.52. The molecule has 0 radical (unpaired) electrons. The average molecular weight is 409 g/mol. The molecule has 150 valence electrons.